The van der Waals surface area contributed by atoms with E-state index in [1.807, 2.05) is 22.9 Å². The van der Waals surface area contributed by atoms with E-state index in [0.29, 0.717) is 13.1 Å². The lowest BCUT2D eigenvalue weighted by Gasteiger charge is -2.39. The highest BCUT2D eigenvalue weighted by molar-refractivity contribution is 7.93. The Balaban J connectivity index is 1.48. The minimum atomic E-state index is -3.60. The molecule has 0 saturated carbocycles. The third kappa shape index (κ3) is 4.41. The summed E-state index contributed by atoms with van der Waals surface area (Å²) in [5.74, 6) is -1.96. The maximum atomic E-state index is 13.3. The molecule has 1 saturated heterocycles. The largest absolute Gasteiger partial charge is 0.283 e. The van der Waals surface area contributed by atoms with Crippen LogP contribution >= 0.6 is 22.7 Å². The Morgan fingerprint density at radius 2 is 1.57 bits per heavy atom. The molecule has 0 aliphatic carbocycles. The van der Waals surface area contributed by atoms with Gasteiger partial charge in [-0.2, -0.15) is 0 Å². The second kappa shape index (κ2) is 7.87. The van der Waals surface area contributed by atoms with Crippen molar-refractivity contribution < 1.29 is 17.2 Å². The van der Waals surface area contributed by atoms with Crippen molar-refractivity contribution in [2.24, 2.45) is 0 Å². The highest BCUT2D eigenvalue weighted by Gasteiger charge is 2.32. The van der Waals surface area contributed by atoms with Crippen molar-refractivity contribution in [3.63, 3.8) is 0 Å². The van der Waals surface area contributed by atoms with Crippen LogP contribution in [0.25, 0.3) is 0 Å². The summed E-state index contributed by atoms with van der Waals surface area (Å²) in [7, 11) is -3.60. The van der Waals surface area contributed by atoms with Gasteiger partial charge in [-0.05, 0) is 46.2 Å². The van der Waals surface area contributed by atoms with Crippen LogP contribution in [0, 0.1) is 11.6 Å². The second-order valence-corrected chi connectivity index (χ2v) is 10.5. The molecule has 0 radical (unpaired) electrons. The van der Waals surface area contributed by atoms with E-state index >= 15 is 0 Å². The molecule has 8 heteroatoms. The Kier molecular flexibility index (Phi) is 5.46. The van der Waals surface area contributed by atoms with Crippen LogP contribution in [0.5, 0.6) is 0 Å². The number of likely N-dealkylation sites (tertiary alicyclic amines) is 1. The van der Waals surface area contributed by atoms with Gasteiger partial charge in [0, 0.05) is 34.3 Å². The van der Waals surface area contributed by atoms with Crippen molar-refractivity contribution in [1.82, 2.24) is 4.90 Å². The van der Waals surface area contributed by atoms with Crippen molar-refractivity contribution in [2.75, 3.05) is 13.1 Å². The molecule has 28 heavy (non-hydrogen) atoms. The summed E-state index contributed by atoms with van der Waals surface area (Å²) in [5.41, 5.74) is 0.913. The Morgan fingerprint density at radius 3 is 2.07 bits per heavy atom. The normalized spacial score (nSPS) is 15.0. The third-order valence-electron chi connectivity index (χ3n) is 4.44. The molecule has 0 amide bonds. The van der Waals surface area contributed by atoms with E-state index in [-0.39, 0.29) is 11.6 Å². The van der Waals surface area contributed by atoms with E-state index in [4.69, 9.17) is 0 Å². The zero-order valence-electron chi connectivity index (χ0n) is 14.7. The zero-order chi connectivity index (χ0) is 19.7. The fraction of sp³-hybridized carbons (Fsp3) is 0.200. The average Bonchev–Trinajstić information content (AvgIpc) is 3.25. The highest BCUT2D eigenvalue weighted by Crippen LogP contribution is 2.38. The molecule has 0 bridgehead atoms. The molecule has 1 aliphatic heterocycles. The highest BCUT2D eigenvalue weighted by atomic mass is 32.2. The van der Waals surface area contributed by atoms with Gasteiger partial charge >= 0.3 is 0 Å². The monoisotopic (exact) mass is 437 g/mol. The number of thiophene rings is 2. The van der Waals surface area contributed by atoms with E-state index in [1.54, 1.807) is 22.7 Å². The van der Waals surface area contributed by atoms with Crippen LogP contribution in [0.4, 0.5) is 8.78 Å². The second-order valence-electron chi connectivity index (χ2n) is 6.70. The summed E-state index contributed by atoms with van der Waals surface area (Å²) < 4.78 is 51.4. The van der Waals surface area contributed by atoms with E-state index in [9.17, 15) is 17.2 Å². The number of hydrogen-bond acceptors (Lipinski definition) is 5. The number of hydrogen-bond donors (Lipinski definition) is 0. The number of benzene rings is 1. The van der Waals surface area contributed by atoms with Crippen molar-refractivity contribution in [1.29, 1.82) is 0 Å². The maximum Gasteiger partial charge on any atom is 0.175 e. The zero-order valence-corrected chi connectivity index (χ0v) is 17.2. The molecule has 2 aromatic heterocycles. The fourth-order valence-corrected chi connectivity index (χ4v) is 6.55. The van der Waals surface area contributed by atoms with Crippen LogP contribution < -0.4 is 0 Å². The van der Waals surface area contributed by atoms with E-state index in [1.165, 1.54) is 15.2 Å². The molecule has 1 aliphatic rings. The third-order valence-corrected chi connectivity index (χ3v) is 7.72. The molecule has 146 valence electrons. The summed E-state index contributed by atoms with van der Waals surface area (Å²) in [6.07, 6.45) is 0. The van der Waals surface area contributed by atoms with Gasteiger partial charge in [0.1, 0.15) is 11.6 Å². The standard InChI is InChI=1S/C20H17F2NO2S3/c21-16-7-14(8-17(22)9-16)12-28(24,25)13-15-10-23(11-15)20(18-3-1-5-26-18)19-4-2-6-27-19/h1-9,13,20H,10-12H2. The molecule has 0 unspecified atom stereocenters. The average molecular weight is 438 g/mol. The van der Waals surface area contributed by atoms with E-state index in [0.717, 1.165) is 23.8 Å². The van der Waals surface area contributed by atoms with Gasteiger partial charge in [0.15, 0.2) is 9.84 Å². The number of sulfone groups is 1. The maximum absolute atomic E-state index is 13.3. The molecule has 1 fully saturated rings. The van der Waals surface area contributed by atoms with Gasteiger partial charge in [-0.15, -0.1) is 22.7 Å². The van der Waals surface area contributed by atoms with Gasteiger partial charge in [-0.1, -0.05) is 12.1 Å². The van der Waals surface area contributed by atoms with Crippen LogP contribution in [0.3, 0.4) is 0 Å². The number of halogens is 2. The first-order valence-electron chi connectivity index (χ1n) is 8.58. The van der Waals surface area contributed by atoms with Gasteiger partial charge in [0.05, 0.1) is 11.8 Å². The molecule has 0 spiro atoms. The van der Waals surface area contributed by atoms with Crippen LogP contribution in [0.1, 0.15) is 21.4 Å². The van der Waals surface area contributed by atoms with Gasteiger partial charge in [0.2, 0.25) is 0 Å². The molecule has 3 heterocycles. The minimum absolute atomic E-state index is 0.112. The summed E-state index contributed by atoms with van der Waals surface area (Å²) in [4.78, 5) is 4.67. The Labute approximate surface area is 170 Å². The lowest BCUT2D eigenvalue weighted by Crippen LogP contribution is -2.43. The Bertz CT molecular complexity index is 1030. The number of nitrogens with zero attached hydrogens (tertiary/aromatic N) is 1. The molecule has 0 N–H and O–H groups in total. The summed E-state index contributed by atoms with van der Waals surface area (Å²) >= 11 is 3.36. The lowest BCUT2D eigenvalue weighted by atomic mass is 10.0. The van der Waals surface area contributed by atoms with Crippen LogP contribution in [0.15, 0.2) is 64.2 Å². The van der Waals surface area contributed by atoms with Gasteiger partial charge in [-0.25, -0.2) is 17.2 Å². The van der Waals surface area contributed by atoms with E-state index < -0.39 is 27.2 Å². The summed E-state index contributed by atoms with van der Waals surface area (Å²) in [6.45, 7) is 1.11. The molecule has 4 rings (SSSR count). The summed E-state index contributed by atoms with van der Waals surface area (Å²) in [5, 5.41) is 5.33. The summed E-state index contributed by atoms with van der Waals surface area (Å²) in [6, 6.07) is 11.2. The molecule has 1 aromatic carbocycles. The van der Waals surface area contributed by atoms with Crippen molar-refractivity contribution in [3.05, 3.63) is 91.2 Å². The topological polar surface area (TPSA) is 37.4 Å². The van der Waals surface area contributed by atoms with Crippen LogP contribution in [0.2, 0.25) is 0 Å². The van der Waals surface area contributed by atoms with Crippen molar-refractivity contribution in [2.45, 2.75) is 11.8 Å². The molecule has 0 atom stereocenters. The first-order valence-corrected chi connectivity index (χ1v) is 12.1. The quantitative estimate of drug-likeness (QED) is 0.545. The molecule has 3 aromatic rings. The number of rotatable bonds is 6. The Hall–Kier alpha value is -1.87. The minimum Gasteiger partial charge on any atom is -0.283 e. The van der Waals surface area contributed by atoms with Gasteiger partial charge in [0.25, 0.3) is 0 Å². The first kappa shape index (κ1) is 19.4. The predicted octanol–water partition coefficient (Wildman–Crippen LogP) is 4.99. The lowest BCUT2D eigenvalue weighted by molar-refractivity contribution is 0.207. The van der Waals surface area contributed by atoms with Crippen molar-refractivity contribution >= 4 is 32.5 Å². The van der Waals surface area contributed by atoms with Crippen LogP contribution in [-0.2, 0) is 15.6 Å². The SMILES string of the molecule is O=S(=O)(C=C1CN(C(c2cccs2)c2cccs2)C1)Cc1cc(F)cc(F)c1. The molecular formula is C20H17F2NO2S3. The predicted molar refractivity (Wildman–Crippen MR) is 109 cm³/mol. The molecular weight excluding hydrogens is 420 g/mol. The molecule has 3 nitrogen and oxygen atoms in total. The first-order chi connectivity index (χ1) is 13.4. The van der Waals surface area contributed by atoms with Gasteiger partial charge in [-0.3, -0.25) is 4.90 Å². The van der Waals surface area contributed by atoms with Crippen molar-refractivity contribution in [3.8, 4) is 0 Å². The van der Waals surface area contributed by atoms with Gasteiger partial charge < -0.3 is 0 Å². The smallest absolute Gasteiger partial charge is 0.175 e. The van der Waals surface area contributed by atoms with Crippen LogP contribution in [-0.4, -0.2) is 26.4 Å². The Morgan fingerprint density at radius 1 is 1.00 bits per heavy atom. The van der Waals surface area contributed by atoms with E-state index in [2.05, 4.69) is 17.0 Å². The fourth-order valence-electron chi connectivity index (χ4n) is 3.35.